The van der Waals surface area contributed by atoms with Crippen LogP contribution in [0.5, 0.6) is 0 Å². The van der Waals surface area contributed by atoms with Crippen molar-refractivity contribution >= 4 is 29.7 Å². The van der Waals surface area contributed by atoms with Crippen LogP contribution < -0.4 is 0 Å². The predicted octanol–water partition coefficient (Wildman–Crippen LogP) is 2.01. The average Bonchev–Trinajstić information content (AvgIpc) is 2.61. The largest absolute Gasteiger partial charge is 0.481 e. The third-order valence-electron chi connectivity index (χ3n) is 2.68. The number of hydrogen-bond donors (Lipinski definition) is 4. The second kappa shape index (κ2) is 13.2. The van der Waals surface area contributed by atoms with E-state index in [-0.39, 0.29) is 5.78 Å². The SMILES string of the molecule is O=C(O)CC(=O)O.O=C(O)CC(=O)O.O=C(c1ccccc1)c1ccccc1. The van der Waals surface area contributed by atoms with Crippen molar-refractivity contribution in [1.82, 2.24) is 0 Å². The first-order valence-corrected chi connectivity index (χ1v) is 7.65. The minimum absolute atomic E-state index is 0.0752. The third kappa shape index (κ3) is 12.4. The van der Waals surface area contributed by atoms with Crippen molar-refractivity contribution in [3.05, 3.63) is 71.8 Å². The van der Waals surface area contributed by atoms with Gasteiger partial charge in [-0.1, -0.05) is 60.7 Å². The Morgan fingerprint density at radius 2 is 0.750 bits per heavy atom. The highest BCUT2D eigenvalue weighted by Gasteiger charge is 2.06. The number of carboxylic acid groups (broad SMARTS) is 4. The third-order valence-corrected chi connectivity index (χ3v) is 2.68. The van der Waals surface area contributed by atoms with Crippen LogP contribution in [0.15, 0.2) is 60.7 Å². The first-order chi connectivity index (χ1) is 13.1. The maximum atomic E-state index is 11.8. The maximum absolute atomic E-state index is 11.8. The van der Waals surface area contributed by atoms with Gasteiger partial charge in [-0.05, 0) is 0 Å². The Morgan fingerprint density at radius 3 is 0.929 bits per heavy atom. The van der Waals surface area contributed by atoms with E-state index in [9.17, 15) is 24.0 Å². The normalized spacial score (nSPS) is 8.86. The van der Waals surface area contributed by atoms with E-state index in [1.165, 1.54) is 0 Å². The fraction of sp³-hybridized carbons (Fsp3) is 0.105. The van der Waals surface area contributed by atoms with Crippen molar-refractivity contribution in [3.63, 3.8) is 0 Å². The lowest BCUT2D eigenvalue weighted by Crippen LogP contribution is -2.03. The number of carbonyl (C=O) groups is 5. The standard InChI is InChI=1S/C13H10O.2C3H4O4/c14-13(11-7-3-1-4-8-11)12-9-5-2-6-10-12;2*4-2(5)1-3(6)7/h1-10H;2*1H2,(H,4,5)(H,6,7). The van der Waals surface area contributed by atoms with Crippen molar-refractivity contribution in [3.8, 4) is 0 Å². The zero-order valence-electron chi connectivity index (χ0n) is 14.5. The molecule has 0 unspecified atom stereocenters. The van der Waals surface area contributed by atoms with Crippen LogP contribution in [0, 0.1) is 0 Å². The van der Waals surface area contributed by atoms with Gasteiger partial charge in [0.1, 0.15) is 12.8 Å². The minimum atomic E-state index is -1.31. The van der Waals surface area contributed by atoms with Gasteiger partial charge in [-0.15, -0.1) is 0 Å². The van der Waals surface area contributed by atoms with Crippen molar-refractivity contribution < 1.29 is 44.4 Å². The predicted molar refractivity (Wildman–Crippen MR) is 96.1 cm³/mol. The monoisotopic (exact) mass is 390 g/mol. The van der Waals surface area contributed by atoms with Gasteiger partial charge in [-0.25, -0.2) is 0 Å². The molecule has 0 radical (unpaired) electrons. The molecule has 0 aliphatic heterocycles. The van der Waals surface area contributed by atoms with E-state index in [2.05, 4.69) is 0 Å². The van der Waals surface area contributed by atoms with Gasteiger partial charge >= 0.3 is 23.9 Å². The molecule has 0 amide bonds. The van der Waals surface area contributed by atoms with E-state index in [0.717, 1.165) is 11.1 Å². The molecule has 2 rings (SSSR count). The molecule has 2 aromatic rings. The molecule has 4 N–H and O–H groups in total. The lowest BCUT2D eigenvalue weighted by molar-refractivity contribution is -0.149. The molecule has 0 fully saturated rings. The molecule has 148 valence electrons. The highest BCUT2D eigenvalue weighted by atomic mass is 16.4. The lowest BCUT2D eigenvalue weighted by atomic mass is 10.0. The average molecular weight is 390 g/mol. The summed E-state index contributed by atoms with van der Waals surface area (Å²) >= 11 is 0. The molecule has 0 saturated carbocycles. The molecular formula is C19H18O9. The highest BCUT2D eigenvalue weighted by molar-refractivity contribution is 6.08. The van der Waals surface area contributed by atoms with Crippen LogP contribution in [0.4, 0.5) is 0 Å². The molecule has 28 heavy (non-hydrogen) atoms. The van der Waals surface area contributed by atoms with Crippen LogP contribution in [0.25, 0.3) is 0 Å². The van der Waals surface area contributed by atoms with E-state index in [1.807, 2.05) is 60.7 Å². The van der Waals surface area contributed by atoms with Crippen molar-refractivity contribution in [1.29, 1.82) is 0 Å². The molecule has 9 nitrogen and oxygen atoms in total. The summed E-state index contributed by atoms with van der Waals surface area (Å²) in [4.78, 5) is 49.6. The van der Waals surface area contributed by atoms with Crippen LogP contribution in [-0.4, -0.2) is 50.1 Å². The van der Waals surface area contributed by atoms with Gasteiger partial charge in [0, 0.05) is 11.1 Å². The molecule has 0 bridgehead atoms. The first-order valence-electron chi connectivity index (χ1n) is 7.65. The Hall–Kier alpha value is -4.01. The summed E-state index contributed by atoms with van der Waals surface area (Å²) in [5.41, 5.74) is 1.47. The van der Waals surface area contributed by atoms with Gasteiger partial charge in [-0.3, -0.25) is 24.0 Å². The number of aliphatic carboxylic acids is 4. The summed E-state index contributed by atoms with van der Waals surface area (Å²) in [6, 6.07) is 18.6. The van der Waals surface area contributed by atoms with E-state index in [4.69, 9.17) is 20.4 Å². The quantitative estimate of drug-likeness (QED) is 0.426. The first kappa shape index (κ1) is 24.0. The Bertz CT molecular complexity index is 707. The summed E-state index contributed by atoms with van der Waals surface area (Å²) in [6.45, 7) is 0. The van der Waals surface area contributed by atoms with Crippen molar-refractivity contribution in [2.75, 3.05) is 0 Å². The number of rotatable bonds is 6. The molecule has 2 aromatic carbocycles. The number of carbonyl (C=O) groups excluding carboxylic acids is 1. The van der Waals surface area contributed by atoms with Gasteiger partial charge in [0.15, 0.2) is 5.78 Å². The minimum Gasteiger partial charge on any atom is -0.481 e. The maximum Gasteiger partial charge on any atom is 0.314 e. The van der Waals surface area contributed by atoms with Gasteiger partial charge in [-0.2, -0.15) is 0 Å². The zero-order valence-corrected chi connectivity index (χ0v) is 14.5. The lowest BCUT2D eigenvalue weighted by Gasteiger charge is -1.99. The van der Waals surface area contributed by atoms with E-state index >= 15 is 0 Å². The summed E-state index contributed by atoms with van der Waals surface area (Å²) in [6.07, 6.45) is -1.61. The van der Waals surface area contributed by atoms with E-state index in [0.29, 0.717) is 0 Å². The van der Waals surface area contributed by atoms with Crippen LogP contribution in [0.2, 0.25) is 0 Å². The number of benzene rings is 2. The van der Waals surface area contributed by atoms with Crippen LogP contribution in [0.1, 0.15) is 28.8 Å². The summed E-state index contributed by atoms with van der Waals surface area (Å²) in [7, 11) is 0. The van der Waals surface area contributed by atoms with Crippen LogP contribution in [-0.2, 0) is 19.2 Å². The molecule has 0 aliphatic rings. The molecule has 0 atom stereocenters. The second-order valence-corrected chi connectivity index (χ2v) is 4.99. The topological polar surface area (TPSA) is 166 Å². The zero-order chi connectivity index (χ0) is 21.5. The highest BCUT2D eigenvalue weighted by Crippen LogP contribution is 2.08. The summed E-state index contributed by atoms with van der Waals surface area (Å²) in [5, 5.41) is 30.8. The van der Waals surface area contributed by atoms with Crippen LogP contribution in [0.3, 0.4) is 0 Å². The summed E-state index contributed by atoms with van der Waals surface area (Å²) in [5.74, 6) is -5.17. The Morgan fingerprint density at radius 1 is 0.500 bits per heavy atom. The molecule has 9 heteroatoms. The van der Waals surface area contributed by atoms with Gasteiger partial charge in [0.2, 0.25) is 0 Å². The summed E-state index contributed by atoms with van der Waals surface area (Å²) < 4.78 is 0. The smallest absolute Gasteiger partial charge is 0.314 e. The molecule has 0 heterocycles. The second-order valence-electron chi connectivity index (χ2n) is 4.99. The molecule has 0 aliphatic carbocycles. The number of hydrogen-bond acceptors (Lipinski definition) is 5. The number of ketones is 1. The van der Waals surface area contributed by atoms with E-state index in [1.54, 1.807) is 0 Å². The Kier molecular flexibility index (Phi) is 11.3. The molecule has 0 saturated heterocycles. The van der Waals surface area contributed by atoms with E-state index < -0.39 is 36.7 Å². The van der Waals surface area contributed by atoms with Gasteiger partial charge < -0.3 is 20.4 Å². The number of carboxylic acids is 4. The fourth-order valence-electron chi connectivity index (χ4n) is 1.60. The van der Waals surface area contributed by atoms with Crippen molar-refractivity contribution in [2.24, 2.45) is 0 Å². The Labute approximate surface area is 159 Å². The molecule has 0 spiro atoms. The van der Waals surface area contributed by atoms with Gasteiger partial charge in [0.05, 0.1) is 0 Å². The van der Waals surface area contributed by atoms with Crippen LogP contribution >= 0.6 is 0 Å². The molecular weight excluding hydrogens is 372 g/mol. The van der Waals surface area contributed by atoms with Crippen molar-refractivity contribution in [2.45, 2.75) is 12.8 Å². The fourth-order valence-corrected chi connectivity index (χ4v) is 1.60. The Balaban J connectivity index is 0.000000444. The van der Waals surface area contributed by atoms with Gasteiger partial charge in [0.25, 0.3) is 0 Å². The molecule has 0 aromatic heterocycles.